The number of ether oxygens (including phenoxy) is 2. The van der Waals surface area contributed by atoms with Gasteiger partial charge in [0.2, 0.25) is 0 Å². The number of nitrogens with one attached hydrogen (secondary N) is 1. The van der Waals surface area contributed by atoms with Crippen molar-refractivity contribution in [3.63, 3.8) is 0 Å². The summed E-state index contributed by atoms with van der Waals surface area (Å²) in [7, 11) is 0. The molecule has 3 aromatic rings. The fourth-order valence-corrected chi connectivity index (χ4v) is 3.50. The molecule has 0 saturated heterocycles. The number of thiophene rings is 1. The SMILES string of the molecule is Cc1ccc(C)c(OCc2csc(C(=O)Nc3ccc(C)cc3OC(F)F)c2)c1. The maximum absolute atomic E-state index is 12.6. The van der Waals surface area contributed by atoms with Gasteiger partial charge in [-0.15, -0.1) is 11.3 Å². The quantitative estimate of drug-likeness (QED) is 0.505. The summed E-state index contributed by atoms with van der Waals surface area (Å²) in [4.78, 5) is 13.0. The Hall–Kier alpha value is -2.93. The predicted molar refractivity (Wildman–Crippen MR) is 110 cm³/mol. The molecule has 29 heavy (non-hydrogen) atoms. The summed E-state index contributed by atoms with van der Waals surface area (Å²) in [5.41, 5.74) is 3.95. The molecule has 0 unspecified atom stereocenters. The van der Waals surface area contributed by atoms with E-state index in [0.717, 1.165) is 28.0 Å². The first-order valence-corrected chi connectivity index (χ1v) is 9.84. The lowest BCUT2D eigenvalue weighted by Crippen LogP contribution is -2.13. The zero-order chi connectivity index (χ0) is 21.0. The number of hydrogen-bond donors (Lipinski definition) is 1. The van der Waals surface area contributed by atoms with Gasteiger partial charge in [0.15, 0.2) is 0 Å². The second kappa shape index (κ2) is 9.05. The van der Waals surface area contributed by atoms with Crippen LogP contribution in [0.15, 0.2) is 47.8 Å². The summed E-state index contributed by atoms with van der Waals surface area (Å²) < 4.78 is 35.6. The first-order valence-electron chi connectivity index (χ1n) is 8.96. The molecular formula is C22H21F2NO3S. The minimum atomic E-state index is -2.97. The van der Waals surface area contributed by atoms with E-state index in [2.05, 4.69) is 10.1 Å². The average molecular weight is 417 g/mol. The van der Waals surface area contributed by atoms with Gasteiger partial charge in [0.1, 0.15) is 18.1 Å². The van der Waals surface area contributed by atoms with Crippen LogP contribution < -0.4 is 14.8 Å². The van der Waals surface area contributed by atoms with Crippen LogP contribution in [0, 0.1) is 20.8 Å². The standard InChI is InChI=1S/C22H21F2NO3S/c1-13-4-6-15(3)18(8-13)27-11-16-10-20(29-12-16)21(26)25-17-7-5-14(2)9-19(17)28-22(23)24/h4-10,12,22H,11H2,1-3H3,(H,25,26). The minimum absolute atomic E-state index is 0.0663. The molecule has 1 amide bonds. The molecule has 0 atom stereocenters. The number of aryl methyl sites for hydroxylation is 3. The molecule has 0 aliphatic rings. The molecule has 0 fully saturated rings. The van der Waals surface area contributed by atoms with Gasteiger partial charge in [-0.05, 0) is 67.1 Å². The Kier molecular flexibility index (Phi) is 6.49. The Labute approximate surface area is 172 Å². The summed E-state index contributed by atoms with van der Waals surface area (Å²) in [6.45, 7) is 3.09. The lowest BCUT2D eigenvalue weighted by atomic mass is 10.1. The molecule has 3 rings (SSSR count). The van der Waals surface area contributed by atoms with Crippen molar-refractivity contribution in [2.24, 2.45) is 0 Å². The Bertz CT molecular complexity index is 1020. The number of halogens is 2. The van der Waals surface area contributed by atoms with E-state index in [0.29, 0.717) is 11.5 Å². The van der Waals surface area contributed by atoms with Crippen LogP contribution in [0.4, 0.5) is 14.5 Å². The van der Waals surface area contributed by atoms with E-state index in [1.807, 2.05) is 37.4 Å². The van der Waals surface area contributed by atoms with Crippen molar-refractivity contribution in [3.05, 3.63) is 75.0 Å². The summed E-state index contributed by atoms with van der Waals surface area (Å²) in [5, 5.41) is 4.47. The molecule has 152 valence electrons. The molecule has 1 aromatic heterocycles. The van der Waals surface area contributed by atoms with Gasteiger partial charge in [-0.1, -0.05) is 18.2 Å². The molecule has 2 aromatic carbocycles. The fraction of sp³-hybridized carbons (Fsp3) is 0.227. The number of benzene rings is 2. The number of anilines is 1. The zero-order valence-electron chi connectivity index (χ0n) is 16.3. The van der Waals surface area contributed by atoms with Gasteiger partial charge in [-0.3, -0.25) is 4.79 Å². The molecule has 0 spiro atoms. The highest BCUT2D eigenvalue weighted by molar-refractivity contribution is 7.12. The number of alkyl halides is 2. The zero-order valence-corrected chi connectivity index (χ0v) is 17.1. The Morgan fingerprint density at radius 3 is 2.45 bits per heavy atom. The first-order chi connectivity index (χ1) is 13.8. The van der Waals surface area contributed by atoms with Crippen molar-refractivity contribution < 1.29 is 23.0 Å². The smallest absolute Gasteiger partial charge is 0.387 e. The topological polar surface area (TPSA) is 47.6 Å². The molecular weight excluding hydrogens is 396 g/mol. The van der Waals surface area contributed by atoms with E-state index in [9.17, 15) is 13.6 Å². The molecule has 0 saturated carbocycles. The molecule has 0 aliphatic heterocycles. The summed E-state index contributed by atoms with van der Waals surface area (Å²) in [6.07, 6.45) is 0. The summed E-state index contributed by atoms with van der Waals surface area (Å²) >= 11 is 1.26. The molecule has 1 heterocycles. The van der Waals surface area contributed by atoms with Crippen molar-refractivity contribution >= 4 is 22.9 Å². The van der Waals surface area contributed by atoms with Crippen LogP contribution in [-0.2, 0) is 6.61 Å². The number of carbonyl (C=O) groups excluding carboxylic acids is 1. The third kappa shape index (κ3) is 5.54. The number of carbonyl (C=O) groups is 1. The molecule has 7 heteroatoms. The van der Waals surface area contributed by atoms with Crippen LogP contribution in [0.5, 0.6) is 11.5 Å². The summed E-state index contributed by atoms with van der Waals surface area (Å²) in [5.74, 6) is 0.343. The maximum atomic E-state index is 12.6. The van der Waals surface area contributed by atoms with Gasteiger partial charge in [-0.2, -0.15) is 8.78 Å². The average Bonchev–Trinajstić information content (AvgIpc) is 3.13. The van der Waals surface area contributed by atoms with Crippen molar-refractivity contribution in [3.8, 4) is 11.5 Å². The van der Waals surface area contributed by atoms with Gasteiger partial charge in [-0.25, -0.2) is 0 Å². The Morgan fingerprint density at radius 2 is 1.72 bits per heavy atom. The second-order valence-corrected chi connectivity index (χ2v) is 7.62. The van der Waals surface area contributed by atoms with Crippen LogP contribution in [0.1, 0.15) is 31.9 Å². The van der Waals surface area contributed by atoms with Crippen LogP contribution in [0.3, 0.4) is 0 Å². The molecule has 4 nitrogen and oxygen atoms in total. The number of hydrogen-bond acceptors (Lipinski definition) is 4. The monoisotopic (exact) mass is 417 g/mol. The molecule has 0 bridgehead atoms. The van der Waals surface area contributed by atoms with Crippen molar-refractivity contribution in [2.45, 2.75) is 34.0 Å². The Morgan fingerprint density at radius 1 is 1.03 bits per heavy atom. The maximum Gasteiger partial charge on any atom is 0.387 e. The summed E-state index contributed by atoms with van der Waals surface area (Å²) in [6, 6.07) is 12.4. The van der Waals surface area contributed by atoms with E-state index < -0.39 is 12.5 Å². The fourth-order valence-electron chi connectivity index (χ4n) is 2.70. The highest BCUT2D eigenvalue weighted by atomic mass is 32.1. The number of amides is 1. The normalized spacial score (nSPS) is 10.8. The third-order valence-electron chi connectivity index (χ3n) is 4.22. The van der Waals surface area contributed by atoms with Gasteiger partial charge in [0.25, 0.3) is 5.91 Å². The second-order valence-electron chi connectivity index (χ2n) is 6.71. The van der Waals surface area contributed by atoms with Gasteiger partial charge < -0.3 is 14.8 Å². The largest absolute Gasteiger partial charge is 0.489 e. The van der Waals surface area contributed by atoms with Crippen LogP contribution >= 0.6 is 11.3 Å². The van der Waals surface area contributed by atoms with E-state index in [1.165, 1.54) is 17.4 Å². The highest BCUT2D eigenvalue weighted by Crippen LogP contribution is 2.29. The predicted octanol–water partition coefficient (Wildman–Crippen LogP) is 6.11. The van der Waals surface area contributed by atoms with Crippen molar-refractivity contribution in [1.82, 2.24) is 0 Å². The molecule has 0 radical (unpaired) electrons. The van der Waals surface area contributed by atoms with E-state index in [1.54, 1.807) is 25.1 Å². The van der Waals surface area contributed by atoms with Crippen LogP contribution in [-0.4, -0.2) is 12.5 Å². The van der Waals surface area contributed by atoms with Gasteiger partial charge in [0, 0.05) is 5.56 Å². The highest BCUT2D eigenvalue weighted by Gasteiger charge is 2.15. The van der Waals surface area contributed by atoms with Gasteiger partial charge in [0.05, 0.1) is 10.6 Å². The van der Waals surface area contributed by atoms with Crippen LogP contribution in [0.25, 0.3) is 0 Å². The Balaban J connectivity index is 1.67. The van der Waals surface area contributed by atoms with E-state index >= 15 is 0 Å². The molecule has 0 aliphatic carbocycles. The first kappa shape index (κ1) is 20.8. The number of rotatable bonds is 7. The van der Waals surface area contributed by atoms with Gasteiger partial charge >= 0.3 is 6.61 Å². The van der Waals surface area contributed by atoms with E-state index in [-0.39, 0.29) is 11.4 Å². The lowest BCUT2D eigenvalue weighted by Gasteiger charge is -2.12. The lowest BCUT2D eigenvalue weighted by molar-refractivity contribution is -0.0494. The van der Waals surface area contributed by atoms with Crippen LogP contribution in [0.2, 0.25) is 0 Å². The van der Waals surface area contributed by atoms with Crippen molar-refractivity contribution in [2.75, 3.05) is 5.32 Å². The van der Waals surface area contributed by atoms with E-state index in [4.69, 9.17) is 4.74 Å². The third-order valence-corrected chi connectivity index (χ3v) is 5.19. The van der Waals surface area contributed by atoms with Crippen molar-refractivity contribution in [1.29, 1.82) is 0 Å². The molecule has 1 N–H and O–H groups in total. The minimum Gasteiger partial charge on any atom is -0.489 e.